The first-order valence-electron chi connectivity index (χ1n) is 10.4. The number of nitrogens with one attached hydrogen (secondary N) is 1. The number of rotatable bonds is 7. The summed E-state index contributed by atoms with van der Waals surface area (Å²) in [4.78, 5) is 38.1. The van der Waals surface area contributed by atoms with Crippen LogP contribution in [0.3, 0.4) is 0 Å². The predicted octanol–water partition coefficient (Wildman–Crippen LogP) is 4.80. The Bertz CT molecular complexity index is 818. The molecule has 0 aromatic carbocycles. The molecule has 3 atom stereocenters. The average molecular weight is 454 g/mol. The van der Waals surface area contributed by atoms with E-state index >= 15 is 0 Å². The van der Waals surface area contributed by atoms with Gasteiger partial charge in [0.1, 0.15) is 10.5 Å². The highest BCUT2D eigenvalue weighted by atomic mass is 32.1. The molecule has 0 saturated carbocycles. The first-order valence-corrected chi connectivity index (χ1v) is 14.1. The van der Waals surface area contributed by atoms with Crippen LogP contribution in [0.5, 0.6) is 0 Å². The van der Waals surface area contributed by atoms with Crippen LogP contribution in [0, 0.1) is 5.92 Å². The Morgan fingerprint density at radius 3 is 2.20 bits per heavy atom. The highest BCUT2D eigenvalue weighted by molar-refractivity contribution is 7.15. The number of amides is 1. The molecule has 2 heterocycles. The van der Waals surface area contributed by atoms with Crippen LogP contribution in [0.1, 0.15) is 74.2 Å². The lowest BCUT2D eigenvalue weighted by molar-refractivity contribution is -0.139. The maximum absolute atomic E-state index is 12.8. The molecular formula is C22H35NO5SSi. The van der Waals surface area contributed by atoms with Gasteiger partial charge in [-0.15, -0.1) is 11.3 Å². The molecule has 1 N–H and O–H groups in total. The number of β-lactam (4-membered cyclic amide) rings is 1. The van der Waals surface area contributed by atoms with Crippen LogP contribution in [0.15, 0.2) is 12.1 Å². The third kappa shape index (κ3) is 5.80. The van der Waals surface area contributed by atoms with Crippen LogP contribution in [0.25, 0.3) is 0 Å². The molecule has 1 saturated heterocycles. The van der Waals surface area contributed by atoms with Gasteiger partial charge in [0.2, 0.25) is 5.91 Å². The normalized spacial score (nSPS) is 20.9. The van der Waals surface area contributed by atoms with Crippen LogP contribution in [0.2, 0.25) is 18.1 Å². The summed E-state index contributed by atoms with van der Waals surface area (Å²) < 4.78 is 11.7. The average Bonchev–Trinajstić information content (AvgIpc) is 3.00. The van der Waals surface area contributed by atoms with E-state index in [0.29, 0.717) is 9.75 Å². The summed E-state index contributed by atoms with van der Waals surface area (Å²) in [6.45, 7) is 18.1. The third-order valence-electron chi connectivity index (χ3n) is 5.74. The predicted molar refractivity (Wildman–Crippen MR) is 122 cm³/mol. The number of hydrogen-bond donors (Lipinski definition) is 1. The third-order valence-corrected chi connectivity index (χ3v) is 11.4. The van der Waals surface area contributed by atoms with Gasteiger partial charge < -0.3 is 14.5 Å². The Morgan fingerprint density at radius 2 is 1.70 bits per heavy atom. The van der Waals surface area contributed by atoms with E-state index in [2.05, 4.69) is 39.2 Å². The minimum atomic E-state index is -2.02. The molecule has 8 heteroatoms. The zero-order valence-electron chi connectivity index (χ0n) is 19.5. The van der Waals surface area contributed by atoms with Crippen molar-refractivity contribution in [2.75, 3.05) is 0 Å². The van der Waals surface area contributed by atoms with Crippen LogP contribution < -0.4 is 5.32 Å². The molecule has 6 nitrogen and oxygen atoms in total. The van der Waals surface area contributed by atoms with Gasteiger partial charge in [0.25, 0.3) is 0 Å². The minimum Gasteiger partial charge on any atom is -0.456 e. The summed E-state index contributed by atoms with van der Waals surface area (Å²) in [5.74, 6) is -0.935. The number of carbonyl (C=O) groups excluding carboxylic acids is 3. The Labute approximate surface area is 184 Å². The highest BCUT2D eigenvalue weighted by Gasteiger charge is 2.48. The molecule has 1 amide bonds. The Balaban J connectivity index is 2.02. The van der Waals surface area contributed by atoms with Gasteiger partial charge in [-0.2, -0.15) is 0 Å². The number of ether oxygens (including phenoxy) is 1. The molecule has 1 aromatic heterocycles. The van der Waals surface area contributed by atoms with Crippen molar-refractivity contribution in [1.29, 1.82) is 0 Å². The molecule has 2 rings (SSSR count). The number of Topliss-reactive ketones (excluding diaryl/α,β-unsaturated/α-hetero) is 1. The smallest absolute Gasteiger partial charge is 0.348 e. The maximum atomic E-state index is 12.8. The van der Waals surface area contributed by atoms with E-state index in [4.69, 9.17) is 9.16 Å². The standard InChI is InChI=1S/C22H35NO5SSi/c1-13(28-30(8,9)22(5,6)7)18-14(23-19(18)25)12-15(24)16-10-11-17(29-16)20(26)27-21(2,3)4/h10-11,13-14,18H,12H2,1-9H3,(H,23,25)/t13-,14-,18-/m1/s1. The summed E-state index contributed by atoms with van der Waals surface area (Å²) in [6, 6.07) is 3.01. The Kier molecular flexibility index (Phi) is 7.06. The number of esters is 1. The second-order valence-electron chi connectivity index (χ2n) is 10.5. The van der Waals surface area contributed by atoms with Gasteiger partial charge in [0.05, 0.1) is 22.9 Å². The number of ketones is 1. The molecule has 1 aliphatic heterocycles. The summed E-state index contributed by atoms with van der Waals surface area (Å²) in [5.41, 5.74) is -0.588. The molecule has 1 aromatic rings. The maximum Gasteiger partial charge on any atom is 0.348 e. The number of thiophene rings is 1. The van der Waals surface area contributed by atoms with Crippen molar-refractivity contribution in [2.45, 2.75) is 90.8 Å². The van der Waals surface area contributed by atoms with E-state index in [1.54, 1.807) is 32.9 Å². The Hall–Kier alpha value is -1.51. The zero-order valence-corrected chi connectivity index (χ0v) is 21.4. The Morgan fingerprint density at radius 1 is 1.13 bits per heavy atom. The van der Waals surface area contributed by atoms with E-state index < -0.39 is 19.9 Å². The second kappa shape index (κ2) is 8.55. The van der Waals surface area contributed by atoms with E-state index in [1.807, 2.05) is 6.92 Å². The fraction of sp³-hybridized carbons (Fsp3) is 0.682. The lowest BCUT2D eigenvalue weighted by atomic mass is 9.83. The molecule has 0 spiro atoms. The van der Waals surface area contributed by atoms with Crippen molar-refractivity contribution in [3.05, 3.63) is 21.9 Å². The van der Waals surface area contributed by atoms with Gasteiger partial charge in [-0.05, 0) is 58.0 Å². The van der Waals surface area contributed by atoms with E-state index in [0.717, 1.165) is 11.3 Å². The molecule has 0 radical (unpaired) electrons. The number of hydrogen-bond acceptors (Lipinski definition) is 6. The summed E-state index contributed by atoms with van der Waals surface area (Å²) in [5, 5.41) is 2.89. The van der Waals surface area contributed by atoms with Crippen LogP contribution in [-0.2, 0) is 14.0 Å². The summed E-state index contributed by atoms with van der Waals surface area (Å²) in [6.07, 6.45) is -0.0614. The molecular weight excluding hydrogens is 418 g/mol. The van der Waals surface area contributed by atoms with Crippen molar-refractivity contribution < 1.29 is 23.5 Å². The van der Waals surface area contributed by atoms with Gasteiger partial charge in [-0.1, -0.05) is 20.8 Å². The SMILES string of the molecule is C[C@@H](O[Si](C)(C)C(C)(C)C)[C@H]1C(=O)N[C@@H]1CC(=O)c1ccc(C(=O)OC(C)(C)C)s1. The summed E-state index contributed by atoms with van der Waals surface area (Å²) in [7, 11) is -2.02. The van der Waals surface area contributed by atoms with Crippen molar-refractivity contribution in [3.8, 4) is 0 Å². The molecule has 0 unspecified atom stereocenters. The quantitative estimate of drug-likeness (QED) is 0.277. The molecule has 1 aliphatic rings. The molecule has 168 valence electrons. The second-order valence-corrected chi connectivity index (χ2v) is 16.4. The first kappa shape index (κ1) is 24.8. The first-order chi connectivity index (χ1) is 13.5. The number of carbonyl (C=O) groups is 3. The van der Waals surface area contributed by atoms with Crippen molar-refractivity contribution >= 4 is 37.3 Å². The van der Waals surface area contributed by atoms with E-state index in [-0.39, 0.29) is 41.2 Å². The van der Waals surface area contributed by atoms with Crippen LogP contribution >= 0.6 is 11.3 Å². The van der Waals surface area contributed by atoms with Gasteiger partial charge in [0.15, 0.2) is 14.1 Å². The largest absolute Gasteiger partial charge is 0.456 e. The molecule has 30 heavy (non-hydrogen) atoms. The highest BCUT2D eigenvalue weighted by Crippen LogP contribution is 2.39. The van der Waals surface area contributed by atoms with Crippen LogP contribution in [0.4, 0.5) is 0 Å². The lowest BCUT2D eigenvalue weighted by Crippen LogP contribution is -2.64. The fourth-order valence-corrected chi connectivity index (χ4v) is 5.38. The van der Waals surface area contributed by atoms with Gasteiger partial charge in [0, 0.05) is 6.42 Å². The van der Waals surface area contributed by atoms with Crippen molar-refractivity contribution in [1.82, 2.24) is 5.32 Å². The van der Waals surface area contributed by atoms with Gasteiger partial charge in [-0.3, -0.25) is 9.59 Å². The van der Waals surface area contributed by atoms with E-state index in [1.165, 1.54) is 0 Å². The van der Waals surface area contributed by atoms with Gasteiger partial charge >= 0.3 is 5.97 Å². The lowest BCUT2D eigenvalue weighted by Gasteiger charge is -2.45. The topological polar surface area (TPSA) is 81.7 Å². The van der Waals surface area contributed by atoms with Crippen molar-refractivity contribution in [3.63, 3.8) is 0 Å². The molecule has 0 bridgehead atoms. The fourth-order valence-electron chi connectivity index (χ4n) is 3.11. The molecule has 1 fully saturated rings. The van der Waals surface area contributed by atoms with E-state index in [9.17, 15) is 14.4 Å². The summed E-state index contributed by atoms with van der Waals surface area (Å²) >= 11 is 1.13. The van der Waals surface area contributed by atoms with Crippen molar-refractivity contribution in [2.24, 2.45) is 5.92 Å². The van der Waals surface area contributed by atoms with Crippen LogP contribution in [-0.4, -0.2) is 43.7 Å². The minimum absolute atomic E-state index is 0.0435. The van der Waals surface area contributed by atoms with Gasteiger partial charge in [-0.25, -0.2) is 4.79 Å². The molecule has 0 aliphatic carbocycles. The monoisotopic (exact) mass is 453 g/mol. The zero-order chi connectivity index (χ0) is 23.1.